The number of aromatic amines is 1. The van der Waals surface area contributed by atoms with E-state index in [-0.39, 0.29) is 24.3 Å². The van der Waals surface area contributed by atoms with Crippen molar-refractivity contribution in [1.82, 2.24) is 24.6 Å². The summed E-state index contributed by atoms with van der Waals surface area (Å²) in [5.41, 5.74) is 1.10. The first-order chi connectivity index (χ1) is 12.0. The third-order valence-electron chi connectivity index (χ3n) is 4.38. The van der Waals surface area contributed by atoms with Crippen LogP contribution >= 0.6 is 12.2 Å². The number of amides is 2. The summed E-state index contributed by atoms with van der Waals surface area (Å²) in [6, 6.07) is 9.90. The molecule has 3 rings (SSSR count). The van der Waals surface area contributed by atoms with Crippen molar-refractivity contribution in [2.75, 3.05) is 20.6 Å². The summed E-state index contributed by atoms with van der Waals surface area (Å²) in [7, 11) is 3.40. The average molecular weight is 359 g/mol. The molecule has 1 unspecified atom stereocenters. The fourth-order valence-electron chi connectivity index (χ4n) is 2.97. The Morgan fingerprint density at radius 1 is 1.36 bits per heavy atom. The predicted molar refractivity (Wildman–Crippen MR) is 95.3 cm³/mol. The van der Waals surface area contributed by atoms with Gasteiger partial charge in [-0.05, 0) is 17.8 Å². The van der Waals surface area contributed by atoms with E-state index in [1.165, 1.54) is 4.90 Å². The van der Waals surface area contributed by atoms with Crippen molar-refractivity contribution in [2.45, 2.75) is 25.4 Å². The summed E-state index contributed by atoms with van der Waals surface area (Å²) in [5.74, 6) is 0.626. The minimum atomic E-state index is -0.0703. The summed E-state index contributed by atoms with van der Waals surface area (Å²) >= 11 is 5.25. The van der Waals surface area contributed by atoms with Gasteiger partial charge in [0.05, 0.1) is 0 Å². The van der Waals surface area contributed by atoms with Crippen LogP contribution in [0, 0.1) is 4.77 Å². The zero-order valence-corrected chi connectivity index (χ0v) is 15.1. The molecular formula is C17H21N5O2S. The van der Waals surface area contributed by atoms with Crippen LogP contribution in [-0.4, -0.2) is 57.0 Å². The predicted octanol–water partition coefficient (Wildman–Crippen LogP) is 1.54. The summed E-state index contributed by atoms with van der Waals surface area (Å²) in [5, 5.41) is 7.04. The van der Waals surface area contributed by atoms with Crippen LogP contribution in [0.4, 0.5) is 0 Å². The molecule has 7 nitrogen and oxygen atoms in total. The number of H-pyrrole nitrogens is 1. The molecule has 1 aromatic carbocycles. The second-order valence-electron chi connectivity index (χ2n) is 6.42. The number of aromatic nitrogens is 3. The van der Waals surface area contributed by atoms with Crippen LogP contribution in [0.1, 0.15) is 23.7 Å². The minimum absolute atomic E-state index is 0.0655. The maximum Gasteiger partial charge on any atom is 0.242 e. The Balaban J connectivity index is 1.76. The van der Waals surface area contributed by atoms with Gasteiger partial charge in [-0.15, -0.1) is 0 Å². The van der Waals surface area contributed by atoms with Gasteiger partial charge in [-0.3, -0.25) is 19.3 Å². The second kappa shape index (κ2) is 7.18. The number of nitrogens with one attached hydrogen (secondary N) is 1. The molecular weight excluding hydrogens is 338 g/mol. The van der Waals surface area contributed by atoms with Crippen LogP contribution in [0.2, 0.25) is 0 Å². The topological polar surface area (TPSA) is 74.2 Å². The van der Waals surface area contributed by atoms with Gasteiger partial charge in [-0.1, -0.05) is 30.3 Å². The summed E-state index contributed by atoms with van der Waals surface area (Å²) in [4.78, 5) is 27.8. The Labute approximate surface area is 151 Å². The van der Waals surface area contributed by atoms with Crippen LogP contribution in [0.15, 0.2) is 30.3 Å². The lowest BCUT2D eigenvalue weighted by Crippen LogP contribution is -2.28. The van der Waals surface area contributed by atoms with Crippen molar-refractivity contribution >= 4 is 24.0 Å². The van der Waals surface area contributed by atoms with Gasteiger partial charge < -0.3 is 9.80 Å². The number of rotatable bonds is 5. The highest BCUT2D eigenvalue weighted by molar-refractivity contribution is 7.71. The highest BCUT2D eigenvalue weighted by atomic mass is 32.1. The first-order valence-corrected chi connectivity index (χ1v) is 8.53. The van der Waals surface area contributed by atoms with Crippen molar-refractivity contribution in [3.8, 4) is 0 Å². The normalized spacial score (nSPS) is 17.1. The number of likely N-dealkylation sites (tertiary alicyclic amines) is 1. The molecule has 0 radical (unpaired) electrons. The molecule has 2 heterocycles. The lowest BCUT2D eigenvalue weighted by atomic mass is 10.1. The average Bonchev–Trinajstić information content (AvgIpc) is 3.12. The number of benzene rings is 1. The minimum Gasteiger partial charge on any atom is -0.347 e. The van der Waals surface area contributed by atoms with Gasteiger partial charge in [0, 0.05) is 39.5 Å². The zero-order chi connectivity index (χ0) is 18.0. The smallest absolute Gasteiger partial charge is 0.242 e. The number of hydrogen-bond donors (Lipinski definition) is 1. The van der Waals surface area contributed by atoms with Crippen LogP contribution in [0.25, 0.3) is 0 Å². The molecule has 1 N–H and O–H groups in total. The summed E-state index contributed by atoms with van der Waals surface area (Å²) in [6.45, 7) is 1.28. The molecule has 8 heteroatoms. The number of carbonyl (C=O) groups excluding carboxylic acids is 2. The quantitative estimate of drug-likeness (QED) is 0.822. The molecule has 0 spiro atoms. The van der Waals surface area contributed by atoms with Gasteiger partial charge in [-0.25, -0.2) is 0 Å². The van der Waals surface area contributed by atoms with Crippen molar-refractivity contribution in [3.05, 3.63) is 46.5 Å². The van der Waals surface area contributed by atoms with E-state index < -0.39 is 0 Å². The Bertz CT molecular complexity index is 827. The van der Waals surface area contributed by atoms with Crippen LogP contribution in [-0.2, 0) is 22.7 Å². The number of hydrogen-bond acceptors (Lipinski definition) is 4. The molecule has 0 bridgehead atoms. The number of carbonyl (C=O) groups is 2. The maximum absolute atomic E-state index is 12.4. The molecule has 1 aliphatic heterocycles. The molecule has 132 valence electrons. The third kappa shape index (κ3) is 3.79. The Morgan fingerprint density at radius 2 is 2.08 bits per heavy atom. The zero-order valence-electron chi connectivity index (χ0n) is 14.3. The third-order valence-corrected chi connectivity index (χ3v) is 4.69. The maximum atomic E-state index is 12.4. The Morgan fingerprint density at radius 3 is 2.76 bits per heavy atom. The van der Waals surface area contributed by atoms with Gasteiger partial charge in [0.15, 0.2) is 4.77 Å². The highest BCUT2D eigenvalue weighted by Crippen LogP contribution is 2.28. The van der Waals surface area contributed by atoms with Crippen LogP contribution in [0.5, 0.6) is 0 Å². The van der Waals surface area contributed by atoms with Gasteiger partial charge in [-0.2, -0.15) is 5.10 Å². The van der Waals surface area contributed by atoms with E-state index in [0.29, 0.717) is 30.1 Å². The lowest BCUT2D eigenvalue weighted by Gasteiger charge is -2.17. The molecule has 1 aromatic heterocycles. The van der Waals surface area contributed by atoms with E-state index in [2.05, 4.69) is 10.2 Å². The van der Waals surface area contributed by atoms with Gasteiger partial charge in [0.2, 0.25) is 11.8 Å². The van der Waals surface area contributed by atoms with Crippen LogP contribution < -0.4 is 0 Å². The van der Waals surface area contributed by atoms with Gasteiger partial charge in [0.25, 0.3) is 0 Å². The first-order valence-electron chi connectivity index (χ1n) is 8.12. The molecule has 1 aliphatic rings. The van der Waals surface area contributed by atoms with E-state index in [0.717, 1.165) is 5.56 Å². The number of nitrogens with zero attached hydrogens (tertiary/aromatic N) is 4. The molecule has 2 aromatic rings. The Hall–Kier alpha value is -2.48. The molecule has 0 aliphatic carbocycles. The van der Waals surface area contributed by atoms with E-state index in [1.54, 1.807) is 18.7 Å². The summed E-state index contributed by atoms with van der Waals surface area (Å²) < 4.78 is 2.10. The SMILES string of the molecule is CN(C)C(=O)Cn1c(C2CC(=O)N(Cc3ccccc3)C2)n[nH]c1=S. The fourth-order valence-corrected chi connectivity index (χ4v) is 3.18. The Kier molecular flexibility index (Phi) is 4.98. The van der Waals surface area contributed by atoms with E-state index >= 15 is 0 Å². The molecule has 0 saturated carbocycles. The molecule has 1 fully saturated rings. The molecule has 1 atom stereocenters. The first kappa shape index (κ1) is 17.3. The van der Waals surface area contributed by atoms with Gasteiger partial charge >= 0.3 is 0 Å². The van der Waals surface area contributed by atoms with E-state index in [4.69, 9.17) is 12.2 Å². The van der Waals surface area contributed by atoms with E-state index in [1.807, 2.05) is 35.2 Å². The highest BCUT2D eigenvalue weighted by Gasteiger charge is 2.34. The van der Waals surface area contributed by atoms with Crippen molar-refractivity contribution in [1.29, 1.82) is 0 Å². The second-order valence-corrected chi connectivity index (χ2v) is 6.81. The standard InChI is InChI=1S/C17H21N5O2S/c1-20(2)15(24)11-22-16(18-19-17(22)25)13-8-14(23)21(10-13)9-12-6-4-3-5-7-12/h3-7,13H,8-11H2,1-2H3,(H,19,25). The van der Waals surface area contributed by atoms with Crippen molar-refractivity contribution < 1.29 is 9.59 Å². The lowest BCUT2D eigenvalue weighted by molar-refractivity contribution is -0.129. The fraction of sp³-hybridized carbons (Fsp3) is 0.412. The van der Waals surface area contributed by atoms with E-state index in [9.17, 15) is 9.59 Å². The number of likely N-dealkylation sites (N-methyl/N-ethyl adjacent to an activating group) is 1. The van der Waals surface area contributed by atoms with Gasteiger partial charge in [0.1, 0.15) is 12.4 Å². The molecule has 2 amide bonds. The monoisotopic (exact) mass is 359 g/mol. The molecule has 25 heavy (non-hydrogen) atoms. The largest absolute Gasteiger partial charge is 0.347 e. The molecule has 1 saturated heterocycles. The van der Waals surface area contributed by atoms with Crippen molar-refractivity contribution in [3.63, 3.8) is 0 Å². The summed E-state index contributed by atoms with van der Waals surface area (Å²) in [6.07, 6.45) is 0.378. The van der Waals surface area contributed by atoms with Crippen molar-refractivity contribution in [2.24, 2.45) is 0 Å². The van der Waals surface area contributed by atoms with Crippen LogP contribution in [0.3, 0.4) is 0 Å².